The van der Waals surface area contributed by atoms with E-state index >= 15 is 4.39 Å². The van der Waals surface area contributed by atoms with Crippen molar-refractivity contribution in [3.63, 3.8) is 0 Å². The number of piperazine rings is 2. The summed E-state index contributed by atoms with van der Waals surface area (Å²) in [6, 6.07) is 18.0. The number of phenolic OH excluding ortho intramolecular Hbond substituents is 1. The van der Waals surface area contributed by atoms with Gasteiger partial charge in [-0.25, -0.2) is 24.2 Å². The number of urea groups is 1. The number of pyridine rings is 1. The lowest BCUT2D eigenvalue weighted by Crippen LogP contribution is -2.76. The number of halogens is 1. The van der Waals surface area contributed by atoms with E-state index in [0.29, 0.717) is 24.8 Å². The molecule has 0 spiro atoms. The minimum atomic E-state index is -0.939. The summed E-state index contributed by atoms with van der Waals surface area (Å²) < 4.78 is 15.2. The van der Waals surface area contributed by atoms with E-state index < -0.39 is 24.1 Å². The van der Waals surface area contributed by atoms with Crippen LogP contribution in [0.5, 0.6) is 5.75 Å². The number of hydrogen-bond acceptors (Lipinski definition) is 9. The Morgan fingerprint density at radius 2 is 1.71 bits per heavy atom. The third-order valence-corrected chi connectivity index (χ3v) is 10.5. The fraction of sp³-hybridized carbons (Fsp3) is 0.421. The van der Waals surface area contributed by atoms with Gasteiger partial charge in [0.25, 0.3) is 0 Å². The van der Waals surface area contributed by atoms with Crippen LogP contribution in [0.1, 0.15) is 16.8 Å². The number of nitrogens with zero attached hydrogens (tertiary/aromatic N) is 8. The lowest BCUT2D eigenvalue weighted by atomic mass is 9.98. The largest absolute Gasteiger partial charge is 0.508 e. The molecule has 4 aliphatic rings. The van der Waals surface area contributed by atoms with Gasteiger partial charge in [-0.05, 0) is 42.4 Å². The first-order chi connectivity index (χ1) is 25.2. The monoisotopic (exact) mass is 711 g/mol. The van der Waals surface area contributed by atoms with Crippen molar-refractivity contribution in [3.8, 4) is 5.75 Å². The fourth-order valence-electron chi connectivity index (χ4n) is 7.58. The van der Waals surface area contributed by atoms with Gasteiger partial charge in [-0.1, -0.05) is 48.5 Å². The van der Waals surface area contributed by atoms with Crippen LogP contribution in [-0.2, 0) is 29.1 Å². The van der Waals surface area contributed by atoms with Crippen molar-refractivity contribution >= 4 is 23.7 Å². The Bertz CT molecular complexity index is 1770. The number of phenols is 1. The number of rotatable bonds is 10. The number of anilines is 1. The molecule has 4 saturated heterocycles. The zero-order chi connectivity index (χ0) is 36.4. The molecule has 2 aromatic carbocycles. The van der Waals surface area contributed by atoms with Crippen LogP contribution >= 0.6 is 0 Å². The third-order valence-electron chi connectivity index (χ3n) is 10.5. The van der Waals surface area contributed by atoms with Crippen LogP contribution < -0.4 is 10.2 Å². The number of amides is 4. The van der Waals surface area contributed by atoms with Gasteiger partial charge in [0.15, 0.2) is 11.6 Å². The molecule has 14 heteroatoms. The summed E-state index contributed by atoms with van der Waals surface area (Å²) in [6.07, 6.45) is 0.965. The molecule has 3 aromatic rings. The molecule has 52 heavy (non-hydrogen) atoms. The molecular weight excluding hydrogens is 665 g/mol. The highest BCUT2D eigenvalue weighted by Crippen LogP contribution is 2.31. The van der Waals surface area contributed by atoms with Crippen LogP contribution in [0.4, 0.5) is 15.0 Å². The van der Waals surface area contributed by atoms with E-state index in [-0.39, 0.29) is 62.5 Å². The summed E-state index contributed by atoms with van der Waals surface area (Å²) in [5.41, 5.74) is 2.17. The molecule has 0 aliphatic carbocycles. The van der Waals surface area contributed by atoms with Crippen LogP contribution in [0.2, 0.25) is 0 Å². The summed E-state index contributed by atoms with van der Waals surface area (Å²) in [5.74, 6) is -0.650. The van der Waals surface area contributed by atoms with Gasteiger partial charge in [-0.15, -0.1) is 6.58 Å². The molecule has 274 valence electrons. The third kappa shape index (κ3) is 7.45. The van der Waals surface area contributed by atoms with Crippen LogP contribution in [-0.4, -0.2) is 142 Å². The lowest BCUT2D eigenvalue weighted by molar-refractivity contribution is -0.189. The topological polar surface area (TPSA) is 119 Å². The number of aromatic hydroxyl groups is 1. The Kier molecular flexibility index (Phi) is 10.4. The molecule has 4 amide bonds. The quantitative estimate of drug-likeness (QED) is 0.305. The van der Waals surface area contributed by atoms with Crippen LogP contribution in [0.3, 0.4) is 0 Å². The minimum absolute atomic E-state index is 0.0205. The van der Waals surface area contributed by atoms with E-state index in [2.05, 4.69) is 28.7 Å². The molecule has 2 N–H and O–H groups in total. The first-order valence-electron chi connectivity index (χ1n) is 17.9. The van der Waals surface area contributed by atoms with E-state index in [9.17, 15) is 19.5 Å². The van der Waals surface area contributed by atoms with E-state index in [1.54, 1.807) is 46.3 Å². The Morgan fingerprint density at radius 1 is 0.981 bits per heavy atom. The number of carbonyl (C=O) groups is 3. The molecule has 13 nitrogen and oxygen atoms in total. The smallest absolute Gasteiger partial charge is 0.334 e. The molecule has 4 fully saturated rings. The molecule has 0 bridgehead atoms. The normalized spacial score (nSPS) is 22.0. The van der Waals surface area contributed by atoms with Gasteiger partial charge in [0.2, 0.25) is 11.8 Å². The zero-order valence-electron chi connectivity index (χ0n) is 29.5. The van der Waals surface area contributed by atoms with Gasteiger partial charge >= 0.3 is 6.03 Å². The highest BCUT2D eigenvalue weighted by molar-refractivity contribution is 5.91. The predicted octanol–water partition coefficient (Wildman–Crippen LogP) is 2.10. The highest BCUT2D eigenvalue weighted by Gasteiger charge is 2.51. The number of likely N-dealkylation sites (N-methyl/N-ethyl adjacent to an activating group) is 1. The summed E-state index contributed by atoms with van der Waals surface area (Å²) in [7, 11) is 2.12. The van der Waals surface area contributed by atoms with Crippen molar-refractivity contribution in [2.45, 2.75) is 37.8 Å². The Morgan fingerprint density at radius 3 is 2.42 bits per heavy atom. The molecule has 2 atom stereocenters. The molecule has 0 saturated carbocycles. The van der Waals surface area contributed by atoms with Gasteiger partial charge in [-0.2, -0.15) is 0 Å². The van der Waals surface area contributed by atoms with Gasteiger partial charge in [0.05, 0.1) is 25.3 Å². The molecule has 0 radical (unpaired) electrons. The van der Waals surface area contributed by atoms with Crippen molar-refractivity contribution < 1.29 is 23.9 Å². The summed E-state index contributed by atoms with van der Waals surface area (Å²) in [4.78, 5) is 56.9. The van der Waals surface area contributed by atoms with Crippen LogP contribution in [0, 0.1) is 5.82 Å². The number of fused-ring (bicyclic) bond motifs is 1. The van der Waals surface area contributed by atoms with E-state index in [1.807, 2.05) is 35.2 Å². The molecule has 2 unspecified atom stereocenters. The SMILES string of the molecule is C=CCN1CC(=O)N2C(Cc3ccc(O)cc3)C(=O)N(Cc3ccc(F)c(N4CC(N5CCN(C)CC5)C4)n3)CC2N1C(=O)NCc1ccccc1. The van der Waals surface area contributed by atoms with Gasteiger partial charge < -0.3 is 30.0 Å². The second kappa shape index (κ2) is 15.3. The van der Waals surface area contributed by atoms with Gasteiger partial charge in [0, 0.05) is 64.8 Å². The number of nitrogens with one attached hydrogen (secondary N) is 1. The molecule has 4 aliphatic heterocycles. The number of hydrazine groups is 1. The van der Waals surface area contributed by atoms with Crippen LogP contribution in [0.25, 0.3) is 0 Å². The maximum Gasteiger partial charge on any atom is 0.334 e. The van der Waals surface area contributed by atoms with Crippen molar-refractivity contribution in [2.24, 2.45) is 0 Å². The number of aromatic nitrogens is 1. The molecule has 7 rings (SSSR count). The van der Waals surface area contributed by atoms with E-state index in [1.165, 1.54) is 16.0 Å². The Hall–Kier alpha value is -5.05. The average molecular weight is 712 g/mol. The average Bonchev–Trinajstić information content (AvgIpc) is 3.12. The first kappa shape index (κ1) is 35.4. The van der Waals surface area contributed by atoms with E-state index in [4.69, 9.17) is 4.98 Å². The molecular formula is C38H46FN9O4. The second-order valence-corrected chi connectivity index (χ2v) is 14.0. The predicted molar refractivity (Wildman–Crippen MR) is 193 cm³/mol. The number of benzene rings is 2. The standard InChI is InChI=1S/C38H46FN9O4/c1-3-15-46-26-35(50)47-33(20-27-9-12-31(49)13-10-27)37(51)45(25-34(47)48(46)38(52)40-21-28-7-5-4-6-8-28)22-29-11-14-32(39)36(41-29)44-23-30(24-44)43-18-16-42(2)17-19-43/h3-14,30,33-34,49H,1,15-26H2,2H3,(H,40,52). The fourth-order valence-corrected chi connectivity index (χ4v) is 7.58. The first-order valence-corrected chi connectivity index (χ1v) is 17.9. The maximum absolute atomic E-state index is 15.2. The second-order valence-electron chi connectivity index (χ2n) is 14.0. The summed E-state index contributed by atoms with van der Waals surface area (Å²) >= 11 is 0. The summed E-state index contributed by atoms with van der Waals surface area (Å²) in [6.45, 7) is 9.68. The van der Waals surface area contributed by atoms with Crippen molar-refractivity contribution in [2.75, 3.05) is 70.9 Å². The summed E-state index contributed by atoms with van der Waals surface area (Å²) in [5, 5.41) is 16.1. The van der Waals surface area contributed by atoms with Crippen molar-refractivity contribution in [1.82, 2.24) is 39.9 Å². The number of hydrogen-bond donors (Lipinski definition) is 2. The van der Waals surface area contributed by atoms with E-state index in [0.717, 1.165) is 37.3 Å². The lowest BCUT2D eigenvalue weighted by Gasteiger charge is -2.55. The minimum Gasteiger partial charge on any atom is -0.508 e. The van der Waals surface area contributed by atoms with Crippen molar-refractivity contribution in [3.05, 3.63) is 102 Å². The molecule has 5 heterocycles. The van der Waals surface area contributed by atoms with Crippen LogP contribution in [0.15, 0.2) is 79.4 Å². The highest BCUT2D eigenvalue weighted by atomic mass is 19.1. The zero-order valence-corrected chi connectivity index (χ0v) is 29.5. The van der Waals surface area contributed by atoms with Crippen molar-refractivity contribution in [1.29, 1.82) is 0 Å². The molecule has 1 aromatic heterocycles. The Balaban J connectivity index is 1.15. The Labute approximate surface area is 303 Å². The van der Waals surface area contributed by atoms with Gasteiger partial charge in [-0.3, -0.25) is 14.5 Å². The number of carbonyl (C=O) groups excluding carboxylic acids is 3. The maximum atomic E-state index is 15.2. The van der Waals surface area contributed by atoms with Gasteiger partial charge in [0.1, 0.15) is 18.0 Å².